The van der Waals surface area contributed by atoms with Crippen molar-refractivity contribution in [2.45, 2.75) is 25.4 Å². The summed E-state index contributed by atoms with van der Waals surface area (Å²) in [5.41, 5.74) is 3.57. The van der Waals surface area contributed by atoms with E-state index in [0.717, 1.165) is 79.3 Å². The van der Waals surface area contributed by atoms with E-state index in [1.54, 1.807) is 29.7 Å². The van der Waals surface area contributed by atoms with E-state index >= 15 is 0 Å². The highest BCUT2D eigenvalue weighted by Crippen LogP contribution is 2.40. The van der Waals surface area contributed by atoms with Crippen molar-refractivity contribution in [1.29, 1.82) is 0 Å². The highest BCUT2D eigenvalue weighted by Gasteiger charge is 2.23. The summed E-state index contributed by atoms with van der Waals surface area (Å²) in [6.45, 7) is 7.65. The third-order valence-electron chi connectivity index (χ3n) is 7.78. The van der Waals surface area contributed by atoms with E-state index in [-0.39, 0.29) is 17.8 Å². The number of amides is 2. The maximum Gasteiger partial charge on any atom is 0.319 e. The summed E-state index contributed by atoms with van der Waals surface area (Å²) in [5.74, 6) is 0.0812. The average molecular weight is 589 g/mol. The van der Waals surface area contributed by atoms with Crippen molar-refractivity contribution in [1.82, 2.24) is 25.0 Å². The van der Waals surface area contributed by atoms with Gasteiger partial charge in [-0.3, -0.25) is 9.88 Å². The molecule has 3 heterocycles. The van der Waals surface area contributed by atoms with E-state index in [1.165, 1.54) is 17.7 Å². The number of benzene rings is 2. The Kier molecular flexibility index (Phi) is 8.66. The molecule has 6 rings (SSSR count). The number of anilines is 1. The Bertz CT molecular complexity index is 1530. The van der Waals surface area contributed by atoms with Gasteiger partial charge in [-0.15, -0.1) is 11.3 Å². The monoisotopic (exact) mass is 588 g/mol. The Balaban J connectivity index is 1.08. The molecule has 2 amide bonds. The standard InChI is InChI=1S/C32H37FN6O2S/c1-37-13-16-39(17-14-37)18-15-38(2)21-22-3-5-23(6-4-22)30-20-27-31(42-30)29(11-12-34-27)41-28-10-9-25(19-26(28)33)36-32(40)35-24-7-8-24/h3-6,9-12,19-20,24H,7-8,13-18,21H2,1-2H3,(H2,35,36,40). The van der Waals surface area contributed by atoms with Crippen molar-refractivity contribution in [3.63, 3.8) is 0 Å². The first-order valence-corrected chi connectivity index (χ1v) is 15.3. The molecule has 2 aromatic carbocycles. The number of likely N-dealkylation sites (N-methyl/N-ethyl adjacent to an activating group) is 2. The van der Waals surface area contributed by atoms with Crippen LogP contribution >= 0.6 is 11.3 Å². The summed E-state index contributed by atoms with van der Waals surface area (Å²) in [6.07, 6.45) is 3.64. The lowest BCUT2D eigenvalue weighted by molar-refractivity contribution is 0.139. The summed E-state index contributed by atoms with van der Waals surface area (Å²) in [6, 6.07) is 16.8. The van der Waals surface area contributed by atoms with Crippen LogP contribution in [0.5, 0.6) is 11.5 Å². The molecule has 1 aliphatic carbocycles. The number of aromatic nitrogens is 1. The predicted molar refractivity (Wildman–Crippen MR) is 167 cm³/mol. The molecule has 8 nitrogen and oxygen atoms in total. The highest BCUT2D eigenvalue weighted by atomic mass is 32.1. The topological polar surface area (TPSA) is 73.0 Å². The van der Waals surface area contributed by atoms with Gasteiger partial charge in [0, 0.05) is 80.7 Å². The van der Waals surface area contributed by atoms with Gasteiger partial charge in [-0.05, 0) is 56.3 Å². The Hall–Kier alpha value is -3.57. The highest BCUT2D eigenvalue weighted by molar-refractivity contribution is 7.22. The van der Waals surface area contributed by atoms with E-state index in [2.05, 4.69) is 68.7 Å². The number of rotatable bonds is 10. The van der Waals surface area contributed by atoms with Crippen LogP contribution in [-0.2, 0) is 6.54 Å². The van der Waals surface area contributed by atoms with Crippen LogP contribution in [-0.4, -0.2) is 85.1 Å². The van der Waals surface area contributed by atoms with Gasteiger partial charge >= 0.3 is 6.03 Å². The summed E-state index contributed by atoms with van der Waals surface area (Å²) in [7, 11) is 4.37. The van der Waals surface area contributed by atoms with Crippen molar-refractivity contribution in [2.75, 3.05) is 58.7 Å². The number of carbonyl (C=O) groups is 1. The van der Waals surface area contributed by atoms with Gasteiger partial charge in [0.2, 0.25) is 0 Å². The second-order valence-corrected chi connectivity index (χ2v) is 12.4. The van der Waals surface area contributed by atoms with Gasteiger partial charge in [-0.2, -0.15) is 0 Å². The van der Waals surface area contributed by atoms with E-state index in [0.29, 0.717) is 11.4 Å². The fourth-order valence-corrected chi connectivity index (χ4v) is 6.12. The van der Waals surface area contributed by atoms with Gasteiger partial charge in [0.05, 0.1) is 10.2 Å². The Morgan fingerprint density at radius 3 is 2.60 bits per heavy atom. The number of hydrogen-bond acceptors (Lipinski definition) is 7. The molecule has 2 fully saturated rings. The van der Waals surface area contributed by atoms with Crippen LogP contribution in [0.2, 0.25) is 0 Å². The van der Waals surface area contributed by atoms with Crippen molar-refractivity contribution in [2.24, 2.45) is 0 Å². The first-order valence-electron chi connectivity index (χ1n) is 14.5. The van der Waals surface area contributed by atoms with Crippen LogP contribution in [0.1, 0.15) is 18.4 Å². The second kappa shape index (κ2) is 12.7. The zero-order valence-corrected chi connectivity index (χ0v) is 24.9. The summed E-state index contributed by atoms with van der Waals surface area (Å²) >= 11 is 1.57. The zero-order valence-electron chi connectivity index (χ0n) is 24.1. The molecule has 10 heteroatoms. The Labute approximate surface area is 250 Å². The van der Waals surface area contributed by atoms with Crippen LogP contribution in [0, 0.1) is 5.82 Å². The first kappa shape index (κ1) is 28.5. The first-order chi connectivity index (χ1) is 20.4. The molecule has 2 N–H and O–H groups in total. The second-order valence-electron chi connectivity index (χ2n) is 11.3. The van der Waals surface area contributed by atoms with Gasteiger partial charge in [0.1, 0.15) is 5.75 Å². The number of pyridine rings is 1. The molecule has 0 bridgehead atoms. The van der Waals surface area contributed by atoms with Gasteiger partial charge in [-0.25, -0.2) is 9.18 Å². The number of nitrogens with zero attached hydrogens (tertiary/aromatic N) is 4. The van der Waals surface area contributed by atoms with Gasteiger partial charge in [-0.1, -0.05) is 24.3 Å². The minimum Gasteiger partial charge on any atom is -0.453 e. The lowest BCUT2D eigenvalue weighted by atomic mass is 10.1. The minimum atomic E-state index is -0.551. The third-order valence-corrected chi connectivity index (χ3v) is 8.97. The van der Waals surface area contributed by atoms with Crippen molar-refractivity contribution < 1.29 is 13.9 Å². The predicted octanol–water partition coefficient (Wildman–Crippen LogP) is 5.86. The van der Waals surface area contributed by atoms with E-state index in [4.69, 9.17) is 4.74 Å². The number of piperazine rings is 1. The summed E-state index contributed by atoms with van der Waals surface area (Å²) in [5, 5.41) is 5.50. The molecule has 0 atom stereocenters. The molecule has 2 aliphatic rings. The molecule has 1 saturated carbocycles. The third kappa shape index (κ3) is 7.25. The number of nitrogens with one attached hydrogen (secondary N) is 2. The Morgan fingerprint density at radius 1 is 1.07 bits per heavy atom. The van der Waals surface area contributed by atoms with E-state index < -0.39 is 5.82 Å². The maximum atomic E-state index is 14.9. The van der Waals surface area contributed by atoms with Gasteiger partial charge < -0.3 is 25.2 Å². The molecule has 2 aromatic heterocycles. The molecule has 4 aromatic rings. The summed E-state index contributed by atoms with van der Waals surface area (Å²) in [4.78, 5) is 24.9. The maximum absolute atomic E-state index is 14.9. The van der Waals surface area contributed by atoms with Crippen LogP contribution in [0.15, 0.2) is 60.8 Å². The SMILES string of the molecule is CN1CCN(CCN(C)Cc2ccc(-c3cc4nccc(Oc5ccc(NC(=O)NC6CC6)cc5F)c4s3)cc2)CC1. The number of thiophene rings is 1. The number of halogens is 1. The quantitative estimate of drug-likeness (QED) is 0.242. The lowest BCUT2D eigenvalue weighted by Gasteiger charge is -2.33. The number of carbonyl (C=O) groups excluding carboxylic acids is 1. The molecule has 220 valence electrons. The molecule has 0 radical (unpaired) electrons. The van der Waals surface area contributed by atoms with Crippen molar-refractivity contribution in [3.05, 3.63) is 72.2 Å². The van der Waals surface area contributed by atoms with Crippen LogP contribution in [0.25, 0.3) is 20.7 Å². The Morgan fingerprint density at radius 2 is 1.86 bits per heavy atom. The van der Waals surface area contributed by atoms with E-state index in [9.17, 15) is 9.18 Å². The molecule has 1 aliphatic heterocycles. The van der Waals surface area contributed by atoms with Gasteiger partial charge in [0.15, 0.2) is 11.6 Å². The molecular formula is C32H37FN6O2S. The molecule has 0 spiro atoms. The van der Waals surface area contributed by atoms with Crippen LogP contribution in [0.4, 0.5) is 14.9 Å². The van der Waals surface area contributed by atoms with Crippen molar-refractivity contribution in [3.8, 4) is 21.9 Å². The number of ether oxygens (including phenoxy) is 1. The van der Waals surface area contributed by atoms with Crippen molar-refractivity contribution >= 4 is 33.3 Å². The van der Waals surface area contributed by atoms with E-state index in [1.807, 2.05) is 6.07 Å². The largest absolute Gasteiger partial charge is 0.453 e. The summed E-state index contributed by atoms with van der Waals surface area (Å²) < 4.78 is 21.7. The van der Waals surface area contributed by atoms with Crippen LogP contribution < -0.4 is 15.4 Å². The lowest BCUT2D eigenvalue weighted by Crippen LogP contribution is -2.46. The number of fused-ring (bicyclic) bond motifs is 1. The molecular weight excluding hydrogens is 551 g/mol. The van der Waals surface area contributed by atoms with Crippen LogP contribution in [0.3, 0.4) is 0 Å². The minimum absolute atomic E-state index is 0.0895. The fraction of sp³-hybridized carbons (Fsp3) is 0.375. The zero-order chi connectivity index (χ0) is 29.1. The molecule has 1 saturated heterocycles. The molecule has 0 unspecified atom stereocenters. The normalized spacial score (nSPS) is 16.2. The average Bonchev–Trinajstić information content (AvgIpc) is 3.68. The fourth-order valence-electron chi connectivity index (χ4n) is 5.05. The number of hydrogen-bond donors (Lipinski definition) is 2. The molecule has 42 heavy (non-hydrogen) atoms. The number of urea groups is 1. The van der Waals surface area contributed by atoms with Gasteiger partial charge in [0.25, 0.3) is 0 Å². The smallest absolute Gasteiger partial charge is 0.319 e.